The highest BCUT2D eigenvalue weighted by Gasteiger charge is 2.18. The molecule has 0 aliphatic rings. The molecule has 0 aliphatic carbocycles. The van der Waals surface area contributed by atoms with E-state index in [1.807, 2.05) is 31.5 Å². The third kappa shape index (κ3) is 2.97. The molecule has 5 rings (SSSR count). The van der Waals surface area contributed by atoms with Gasteiger partial charge in [-0.3, -0.25) is 4.40 Å². The molecule has 0 fully saturated rings. The van der Waals surface area contributed by atoms with Crippen LogP contribution in [0.2, 0.25) is 0 Å². The predicted octanol–water partition coefficient (Wildman–Crippen LogP) is 5.41. The molecule has 2 aromatic heterocycles. The first-order valence-electron chi connectivity index (χ1n) is 9.52. The second-order valence-electron chi connectivity index (χ2n) is 8.39. The molecule has 146 valence electrons. The average Bonchev–Trinajstić information content (AvgIpc) is 3.05. The fourth-order valence-corrected chi connectivity index (χ4v) is 6.09. The van der Waals surface area contributed by atoms with Crippen molar-refractivity contribution in [3.8, 4) is 0 Å². The minimum atomic E-state index is -2.36. The molecule has 0 atom stereocenters. The van der Waals surface area contributed by atoms with Crippen LogP contribution in [0.15, 0.2) is 60.7 Å². The topological polar surface area (TPSA) is 34.4 Å². The number of aromatic nitrogens is 2. The summed E-state index contributed by atoms with van der Waals surface area (Å²) in [6.07, 6.45) is 0. The lowest BCUT2D eigenvalue weighted by atomic mass is 10.1. The van der Waals surface area contributed by atoms with Crippen molar-refractivity contribution >= 4 is 74.0 Å². The zero-order valence-electron chi connectivity index (χ0n) is 16.9. The molecule has 0 saturated heterocycles. The Hall–Kier alpha value is -1.99. The van der Waals surface area contributed by atoms with E-state index in [0.29, 0.717) is 0 Å². The lowest BCUT2D eigenvalue weighted by Gasteiger charge is -2.13. The minimum Gasteiger partial charge on any atom is -0.319 e. The molecule has 3 nitrogen and oxygen atoms in total. The monoisotopic (exact) mass is 436 g/mol. The van der Waals surface area contributed by atoms with Crippen LogP contribution in [0.25, 0.3) is 38.4 Å². The fraction of sp³-hybridized carbons (Fsp3) is 0.174. The van der Waals surface area contributed by atoms with Crippen molar-refractivity contribution in [3.05, 3.63) is 60.7 Å². The van der Waals surface area contributed by atoms with E-state index in [1.54, 1.807) is 0 Å². The first-order valence-corrected chi connectivity index (χ1v) is 15.8. The Kier molecular flexibility index (Phi) is 4.10. The van der Waals surface area contributed by atoms with Crippen LogP contribution >= 0.6 is 13.2 Å². The summed E-state index contributed by atoms with van der Waals surface area (Å²) in [7, 11) is -2.36. The zero-order valence-corrected chi connectivity index (χ0v) is 19.5. The summed E-state index contributed by atoms with van der Waals surface area (Å²) in [4.78, 5) is 4.97. The summed E-state index contributed by atoms with van der Waals surface area (Å²) >= 11 is 5.79. The van der Waals surface area contributed by atoms with Crippen molar-refractivity contribution in [2.75, 3.05) is 26.7 Å². The first kappa shape index (κ1) is 19.0. The van der Waals surface area contributed by atoms with Crippen LogP contribution in [-0.2, 0) is 16.4 Å². The maximum atomic E-state index is 12.7. The Morgan fingerprint density at radius 2 is 1.48 bits per heavy atom. The van der Waals surface area contributed by atoms with Crippen molar-refractivity contribution in [2.45, 2.75) is 0 Å². The number of fused-ring (bicyclic) bond motifs is 8. The van der Waals surface area contributed by atoms with Crippen LogP contribution in [0.5, 0.6) is 0 Å². The molecule has 0 spiro atoms. The molecule has 5 aromatic rings. The predicted molar refractivity (Wildman–Crippen MR) is 133 cm³/mol. The van der Waals surface area contributed by atoms with Gasteiger partial charge in [-0.15, -0.1) is 0 Å². The number of pyridine rings is 1. The first-order chi connectivity index (χ1) is 13.6. The minimum absolute atomic E-state index is 0.900. The highest BCUT2D eigenvalue weighted by molar-refractivity contribution is 8.17. The van der Waals surface area contributed by atoms with E-state index in [-0.39, 0.29) is 0 Å². The standard InChI is InChI=1S/C23H22N2OP2S/c1-27(2,26)15-10-12-21-19(13-15)17-7-5-6-8-18(17)23-24-20-11-9-16(28(3,4)29)14-22(20)25(21)23/h5-14H,1-4H3. The molecule has 3 aromatic carbocycles. The van der Waals surface area contributed by atoms with Crippen molar-refractivity contribution in [1.82, 2.24) is 9.38 Å². The molecule has 0 radical (unpaired) electrons. The van der Waals surface area contributed by atoms with Crippen LogP contribution in [-0.4, -0.2) is 36.0 Å². The summed E-state index contributed by atoms with van der Waals surface area (Å²) in [6.45, 7) is 7.96. The Labute approximate surface area is 175 Å². The Morgan fingerprint density at radius 3 is 2.17 bits per heavy atom. The van der Waals surface area contributed by atoms with Crippen LogP contribution < -0.4 is 10.6 Å². The summed E-state index contributed by atoms with van der Waals surface area (Å²) in [5, 5.41) is 5.46. The van der Waals surface area contributed by atoms with Crippen LogP contribution in [0.1, 0.15) is 0 Å². The average molecular weight is 436 g/mol. The molecule has 0 N–H and O–H groups in total. The van der Waals surface area contributed by atoms with Gasteiger partial charge in [0, 0.05) is 16.1 Å². The number of hydrogen-bond donors (Lipinski definition) is 0. The molecule has 0 saturated carbocycles. The van der Waals surface area contributed by atoms with Gasteiger partial charge in [0.05, 0.1) is 16.6 Å². The van der Waals surface area contributed by atoms with Gasteiger partial charge in [-0.2, -0.15) is 0 Å². The van der Waals surface area contributed by atoms with Gasteiger partial charge in [0.15, 0.2) is 0 Å². The number of imidazole rings is 1. The molecular weight excluding hydrogens is 414 g/mol. The number of nitrogens with zero attached hydrogens (tertiary/aromatic N) is 2. The largest absolute Gasteiger partial charge is 0.319 e. The summed E-state index contributed by atoms with van der Waals surface area (Å²) < 4.78 is 15.0. The highest BCUT2D eigenvalue weighted by atomic mass is 32.4. The summed E-state index contributed by atoms with van der Waals surface area (Å²) in [5.41, 5.74) is 4.08. The van der Waals surface area contributed by atoms with Gasteiger partial charge in [-0.1, -0.05) is 42.1 Å². The quantitative estimate of drug-likeness (QED) is 0.274. The maximum absolute atomic E-state index is 12.7. The van der Waals surface area contributed by atoms with Gasteiger partial charge in [0.1, 0.15) is 12.8 Å². The van der Waals surface area contributed by atoms with Gasteiger partial charge in [-0.25, -0.2) is 4.98 Å². The van der Waals surface area contributed by atoms with Crippen LogP contribution in [0.4, 0.5) is 0 Å². The summed E-state index contributed by atoms with van der Waals surface area (Å²) in [6, 6.07) is 19.4. The van der Waals surface area contributed by atoms with Gasteiger partial charge in [-0.05, 0) is 73.7 Å². The SMILES string of the molecule is CP(C)(=O)c1ccc2c(c1)c1ccccc1c1nc3ccc(P(C)(C)=S)cc3n21. The Bertz CT molecular complexity index is 1560. The Morgan fingerprint density at radius 1 is 0.793 bits per heavy atom. The third-order valence-electron chi connectivity index (χ3n) is 5.56. The van der Waals surface area contributed by atoms with Crippen molar-refractivity contribution in [1.29, 1.82) is 0 Å². The zero-order chi connectivity index (χ0) is 20.6. The van der Waals surface area contributed by atoms with E-state index in [0.717, 1.165) is 43.7 Å². The van der Waals surface area contributed by atoms with Crippen molar-refractivity contribution in [2.24, 2.45) is 0 Å². The van der Waals surface area contributed by atoms with Crippen molar-refractivity contribution < 1.29 is 4.57 Å². The molecule has 6 heteroatoms. The molecule has 2 heterocycles. The lowest BCUT2D eigenvalue weighted by Crippen LogP contribution is -2.04. The van der Waals surface area contributed by atoms with Gasteiger partial charge >= 0.3 is 0 Å². The van der Waals surface area contributed by atoms with E-state index < -0.39 is 13.2 Å². The molecule has 29 heavy (non-hydrogen) atoms. The number of rotatable bonds is 2. The van der Waals surface area contributed by atoms with Gasteiger partial charge < -0.3 is 4.57 Å². The van der Waals surface area contributed by atoms with E-state index in [9.17, 15) is 4.57 Å². The second-order valence-corrected chi connectivity index (χ2v) is 17.6. The van der Waals surface area contributed by atoms with Crippen LogP contribution in [0.3, 0.4) is 0 Å². The summed E-state index contributed by atoms with van der Waals surface area (Å²) in [5.74, 6) is 0. The second kappa shape index (κ2) is 6.25. The number of benzene rings is 3. The number of hydrogen-bond acceptors (Lipinski definition) is 3. The molecule has 0 amide bonds. The lowest BCUT2D eigenvalue weighted by molar-refractivity contribution is 0.588. The molecule has 0 bridgehead atoms. The fourth-order valence-electron chi connectivity index (χ4n) is 4.01. The molecule has 0 unspecified atom stereocenters. The van der Waals surface area contributed by atoms with E-state index in [4.69, 9.17) is 16.8 Å². The normalized spacial score (nSPS) is 13.1. The van der Waals surface area contributed by atoms with Crippen LogP contribution in [0, 0.1) is 0 Å². The van der Waals surface area contributed by atoms with E-state index >= 15 is 0 Å². The highest BCUT2D eigenvalue weighted by Crippen LogP contribution is 2.39. The molecule has 0 aliphatic heterocycles. The van der Waals surface area contributed by atoms with E-state index in [2.05, 4.69) is 60.2 Å². The van der Waals surface area contributed by atoms with Crippen molar-refractivity contribution in [3.63, 3.8) is 0 Å². The maximum Gasteiger partial charge on any atom is 0.146 e. The smallest absolute Gasteiger partial charge is 0.146 e. The molecular formula is C23H22N2OP2S. The Balaban J connectivity index is 2.05. The third-order valence-corrected chi connectivity index (χ3v) is 9.24. The van der Waals surface area contributed by atoms with E-state index in [1.165, 1.54) is 5.30 Å². The van der Waals surface area contributed by atoms with Gasteiger partial charge in [0.25, 0.3) is 0 Å². The van der Waals surface area contributed by atoms with Gasteiger partial charge in [0.2, 0.25) is 0 Å².